The molecule has 2 aromatic heterocycles. The number of fused-ring (bicyclic) bond motifs is 1. The highest BCUT2D eigenvalue weighted by Gasteiger charge is 2.45. The first-order valence-electron chi connectivity index (χ1n) is 13.0. The number of rotatable bonds is 8. The molecule has 2 atom stereocenters. The highest BCUT2D eigenvalue weighted by atomic mass is 35.5. The molecule has 13 heteroatoms. The molecule has 1 amide bonds. The maximum absolute atomic E-state index is 13.9. The number of H-pyrrole nitrogens is 1. The molecule has 2 saturated heterocycles. The van der Waals surface area contributed by atoms with Crippen molar-refractivity contribution < 1.29 is 17.9 Å². The number of nitrogens with one attached hydrogen (secondary N) is 2. The highest BCUT2D eigenvalue weighted by molar-refractivity contribution is 7.89. The number of halogens is 1. The molecule has 2 fully saturated rings. The Bertz CT molecular complexity index is 1440. The normalized spacial score (nSPS) is 20.5. The van der Waals surface area contributed by atoms with Gasteiger partial charge in [-0.25, -0.2) is 18.4 Å². The quantitative estimate of drug-likeness (QED) is 0.419. The Morgan fingerprint density at radius 1 is 1.21 bits per heavy atom. The minimum Gasteiger partial charge on any atom is -0.382 e. The van der Waals surface area contributed by atoms with Gasteiger partial charge in [0.05, 0.1) is 30.9 Å². The number of ether oxygens (including phenoxy) is 1. The maximum Gasteiger partial charge on any atom is 0.259 e. The van der Waals surface area contributed by atoms with Crippen LogP contribution in [0.15, 0.2) is 41.6 Å². The smallest absolute Gasteiger partial charge is 0.259 e. The number of methoxy groups -OCH3 is 1. The largest absolute Gasteiger partial charge is 0.382 e. The number of aromatic amines is 1. The zero-order valence-electron chi connectivity index (χ0n) is 22.3. The first kappa shape index (κ1) is 27.8. The molecule has 3 aromatic rings. The molecule has 2 aliphatic rings. The van der Waals surface area contributed by atoms with E-state index in [1.54, 1.807) is 37.6 Å². The molecule has 5 rings (SSSR count). The van der Waals surface area contributed by atoms with Crippen molar-refractivity contribution in [2.45, 2.75) is 30.0 Å². The third kappa shape index (κ3) is 5.62. The fourth-order valence-corrected chi connectivity index (χ4v) is 7.19. The zero-order valence-corrected chi connectivity index (χ0v) is 23.9. The topological polar surface area (TPSA) is 124 Å². The van der Waals surface area contributed by atoms with Gasteiger partial charge in [0.2, 0.25) is 11.9 Å². The van der Waals surface area contributed by atoms with Crippen molar-refractivity contribution in [3.63, 3.8) is 0 Å². The number of carbonyl (C=O) groups excluding carboxylic acids is 1. The van der Waals surface area contributed by atoms with Gasteiger partial charge in [-0.2, -0.15) is 4.31 Å². The Balaban J connectivity index is 1.50. The van der Waals surface area contributed by atoms with Gasteiger partial charge in [0.1, 0.15) is 5.03 Å². The number of carbonyl (C=O) groups is 1. The van der Waals surface area contributed by atoms with Gasteiger partial charge in [-0.15, -0.1) is 0 Å². The minimum absolute atomic E-state index is 0.0264. The average molecular weight is 576 g/mol. The molecular weight excluding hydrogens is 542 g/mol. The Morgan fingerprint density at radius 3 is 2.69 bits per heavy atom. The summed E-state index contributed by atoms with van der Waals surface area (Å²) in [6, 6.07) is 7.75. The van der Waals surface area contributed by atoms with Gasteiger partial charge in [0, 0.05) is 49.9 Å². The van der Waals surface area contributed by atoms with Crippen LogP contribution in [-0.4, -0.2) is 98.5 Å². The molecular formula is C26H34ClN7O4S. The van der Waals surface area contributed by atoms with Crippen molar-refractivity contribution in [3.05, 3.63) is 47.2 Å². The SMILES string of the molecule is COCC1CN(S(=O)(=O)c2cc3ccc(Cl)cc3[nH]2)CC(=O)N1C(c1ccnc(N(C)C)n1)C1CCNCC1. The summed E-state index contributed by atoms with van der Waals surface area (Å²) in [5.74, 6) is 0.433. The number of piperazine rings is 1. The summed E-state index contributed by atoms with van der Waals surface area (Å²) in [6.45, 7) is 1.70. The molecule has 0 saturated carbocycles. The summed E-state index contributed by atoms with van der Waals surface area (Å²) in [5.41, 5.74) is 1.37. The number of benzene rings is 1. The van der Waals surface area contributed by atoms with Gasteiger partial charge < -0.3 is 24.8 Å². The third-order valence-corrected chi connectivity index (χ3v) is 9.41. The lowest BCUT2D eigenvalue weighted by Gasteiger charge is -2.47. The second kappa shape index (κ2) is 11.4. The number of amides is 1. The van der Waals surface area contributed by atoms with Crippen molar-refractivity contribution in [2.75, 3.05) is 58.9 Å². The van der Waals surface area contributed by atoms with Crippen LogP contribution >= 0.6 is 11.6 Å². The molecule has 1 aromatic carbocycles. The molecule has 11 nitrogen and oxygen atoms in total. The highest BCUT2D eigenvalue weighted by Crippen LogP contribution is 2.37. The molecule has 2 unspecified atom stereocenters. The van der Waals surface area contributed by atoms with Crippen LogP contribution in [0.1, 0.15) is 24.6 Å². The molecule has 0 radical (unpaired) electrons. The third-order valence-electron chi connectivity index (χ3n) is 7.44. The van der Waals surface area contributed by atoms with E-state index in [1.807, 2.05) is 30.0 Å². The Hall–Kier alpha value is -2.77. The predicted molar refractivity (Wildman–Crippen MR) is 149 cm³/mol. The van der Waals surface area contributed by atoms with Crippen LogP contribution in [0.2, 0.25) is 5.02 Å². The minimum atomic E-state index is -3.99. The zero-order chi connectivity index (χ0) is 27.7. The van der Waals surface area contributed by atoms with Crippen LogP contribution in [0.25, 0.3) is 10.9 Å². The molecule has 0 aliphatic carbocycles. The lowest BCUT2D eigenvalue weighted by molar-refractivity contribution is -0.145. The fraction of sp³-hybridized carbons (Fsp3) is 0.500. The van der Waals surface area contributed by atoms with E-state index in [0.717, 1.165) is 37.0 Å². The maximum atomic E-state index is 13.9. The lowest BCUT2D eigenvalue weighted by Crippen LogP contribution is -2.61. The molecule has 0 spiro atoms. The predicted octanol–water partition coefficient (Wildman–Crippen LogP) is 2.27. The van der Waals surface area contributed by atoms with E-state index >= 15 is 0 Å². The number of nitrogens with zero attached hydrogens (tertiary/aromatic N) is 5. The second-order valence-electron chi connectivity index (χ2n) is 10.3. The summed E-state index contributed by atoms with van der Waals surface area (Å²) in [4.78, 5) is 29.7. The summed E-state index contributed by atoms with van der Waals surface area (Å²) in [7, 11) is 1.32. The number of hydrogen-bond acceptors (Lipinski definition) is 8. The summed E-state index contributed by atoms with van der Waals surface area (Å²) < 4.78 is 34.2. The first-order chi connectivity index (χ1) is 18.7. The molecule has 0 bridgehead atoms. The van der Waals surface area contributed by atoms with E-state index in [2.05, 4.69) is 15.3 Å². The van der Waals surface area contributed by atoms with Crippen molar-refractivity contribution >= 4 is 44.4 Å². The standard InChI is InChI=1S/C26H34ClN7O4S/c1-32(2)26-29-11-8-21(31-26)25(17-6-9-28-10-7-17)34-20(16-38-3)14-33(15-24(34)35)39(36,37)23-12-18-4-5-19(27)13-22(18)30-23/h4-5,8,11-13,17,20,25,28,30H,6-7,9-10,14-16H2,1-3H3. The molecule has 39 heavy (non-hydrogen) atoms. The van der Waals surface area contributed by atoms with Crippen molar-refractivity contribution in [3.8, 4) is 0 Å². The van der Waals surface area contributed by atoms with Gasteiger partial charge in [-0.3, -0.25) is 4.79 Å². The summed E-state index contributed by atoms with van der Waals surface area (Å²) >= 11 is 6.09. The van der Waals surface area contributed by atoms with Crippen LogP contribution in [0, 0.1) is 5.92 Å². The second-order valence-corrected chi connectivity index (χ2v) is 12.6. The van der Waals surface area contributed by atoms with E-state index in [9.17, 15) is 13.2 Å². The lowest BCUT2D eigenvalue weighted by atomic mass is 9.85. The molecule has 210 valence electrons. The van der Waals surface area contributed by atoms with E-state index in [4.69, 9.17) is 21.3 Å². The molecule has 2 aliphatic heterocycles. The fourth-order valence-electron chi connectivity index (χ4n) is 5.58. The number of sulfonamides is 1. The monoisotopic (exact) mass is 575 g/mol. The van der Waals surface area contributed by atoms with Crippen LogP contribution in [0.3, 0.4) is 0 Å². The van der Waals surface area contributed by atoms with Crippen molar-refractivity contribution in [1.82, 2.24) is 29.5 Å². The summed E-state index contributed by atoms with van der Waals surface area (Å²) in [6.07, 6.45) is 3.45. The number of piperidine rings is 1. The van der Waals surface area contributed by atoms with E-state index in [0.29, 0.717) is 16.5 Å². The van der Waals surface area contributed by atoms with Crippen molar-refractivity contribution in [1.29, 1.82) is 0 Å². The number of anilines is 1. The van der Waals surface area contributed by atoms with E-state index in [1.165, 1.54) is 4.31 Å². The Kier molecular flexibility index (Phi) is 8.11. The van der Waals surface area contributed by atoms with E-state index < -0.39 is 16.1 Å². The van der Waals surface area contributed by atoms with Crippen molar-refractivity contribution in [2.24, 2.45) is 5.92 Å². The number of aromatic nitrogens is 3. The van der Waals surface area contributed by atoms with Gasteiger partial charge in [0.25, 0.3) is 10.0 Å². The van der Waals surface area contributed by atoms with Gasteiger partial charge in [0.15, 0.2) is 0 Å². The van der Waals surface area contributed by atoms with Gasteiger partial charge in [-0.1, -0.05) is 17.7 Å². The van der Waals surface area contributed by atoms with Crippen LogP contribution < -0.4 is 10.2 Å². The Morgan fingerprint density at radius 2 is 1.97 bits per heavy atom. The van der Waals surface area contributed by atoms with Gasteiger partial charge in [-0.05, 0) is 56.1 Å². The Labute approximate surface area is 233 Å². The van der Waals surface area contributed by atoms with Gasteiger partial charge >= 0.3 is 0 Å². The van der Waals surface area contributed by atoms with Crippen LogP contribution in [0.4, 0.5) is 5.95 Å². The average Bonchev–Trinajstić information content (AvgIpc) is 3.35. The molecule has 4 heterocycles. The number of hydrogen-bond donors (Lipinski definition) is 2. The first-order valence-corrected chi connectivity index (χ1v) is 14.8. The van der Waals surface area contributed by atoms with E-state index in [-0.39, 0.29) is 42.6 Å². The van der Waals surface area contributed by atoms with Crippen LogP contribution in [0.5, 0.6) is 0 Å². The van der Waals surface area contributed by atoms with Crippen LogP contribution in [-0.2, 0) is 19.6 Å². The summed E-state index contributed by atoms with van der Waals surface area (Å²) in [5, 5.41) is 4.65. The molecule has 2 N–H and O–H groups in total.